The number of rotatable bonds is 7. The summed E-state index contributed by atoms with van der Waals surface area (Å²) in [5.74, 6) is 0.816. The average molecular weight is 504 g/mol. The van der Waals surface area contributed by atoms with Gasteiger partial charge in [0.2, 0.25) is 5.72 Å². The first-order valence-corrected chi connectivity index (χ1v) is 13.3. The summed E-state index contributed by atoms with van der Waals surface area (Å²) in [6.07, 6.45) is 10.1. The Labute approximate surface area is 226 Å². The SMILES string of the molecule is C=C/C(=C\C=C/C)CN1C(C)(C)c2c(C)ccc(C)c2C1(C=C)Oc1ccc2oc3ccccc3c2c1C. The highest BCUT2D eigenvalue weighted by Gasteiger charge is 2.56. The maximum absolute atomic E-state index is 7.22. The number of hydrogen-bond donors (Lipinski definition) is 0. The number of allylic oxidation sites excluding steroid dienone is 3. The van der Waals surface area contributed by atoms with Crippen LogP contribution >= 0.6 is 0 Å². The average Bonchev–Trinajstić information content (AvgIpc) is 3.38. The minimum absolute atomic E-state index is 0.321. The Bertz CT molecular complexity index is 1630. The lowest BCUT2D eigenvalue weighted by atomic mass is 9.86. The van der Waals surface area contributed by atoms with Crippen molar-refractivity contribution in [2.75, 3.05) is 6.54 Å². The summed E-state index contributed by atoms with van der Waals surface area (Å²) in [6.45, 7) is 22.2. The summed E-state index contributed by atoms with van der Waals surface area (Å²) in [5, 5.41) is 2.18. The maximum atomic E-state index is 7.22. The Morgan fingerprint density at radius 1 is 0.947 bits per heavy atom. The number of hydrogen-bond acceptors (Lipinski definition) is 3. The van der Waals surface area contributed by atoms with Crippen LogP contribution < -0.4 is 4.74 Å². The van der Waals surface area contributed by atoms with E-state index in [0.717, 1.165) is 38.8 Å². The van der Waals surface area contributed by atoms with Gasteiger partial charge in [-0.25, -0.2) is 4.90 Å². The molecular formula is C35H37NO2. The van der Waals surface area contributed by atoms with Crippen molar-refractivity contribution < 1.29 is 9.15 Å². The summed E-state index contributed by atoms with van der Waals surface area (Å²) in [4.78, 5) is 2.42. The van der Waals surface area contributed by atoms with E-state index in [1.807, 2.05) is 55.5 Å². The third-order valence-electron chi connectivity index (χ3n) is 8.07. The van der Waals surface area contributed by atoms with Gasteiger partial charge in [-0.2, -0.15) is 0 Å². The molecule has 0 saturated carbocycles. The van der Waals surface area contributed by atoms with E-state index in [9.17, 15) is 0 Å². The number of para-hydroxylation sites is 1. The molecule has 3 aromatic carbocycles. The number of nitrogens with zero attached hydrogens (tertiary/aromatic N) is 1. The van der Waals surface area contributed by atoms with Gasteiger partial charge in [0.15, 0.2) is 0 Å². The lowest BCUT2D eigenvalue weighted by Crippen LogP contribution is -2.52. The second-order valence-corrected chi connectivity index (χ2v) is 10.7. The molecule has 0 aliphatic carbocycles. The van der Waals surface area contributed by atoms with Crippen LogP contribution in [0.25, 0.3) is 21.9 Å². The molecule has 1 atom stereocenters. The molecule has 0 spiro atoms. The second-order valence-electron chi connectivity index (χ2n) is 10.7. The van der Waals surface area contributed by atoms with E-state index < -0.39 is 5.72 Å². The Morgan fingerprint density at radius 3 is 2.34 bits per heavy atom. The molecule has 3 heteroatoms. The van der Waals surface area contributed by atoms with E-state index in [0.29, 0.717) is 6.54 Å². The van der Waals surface area contributed by atoms with Crippen LogP contribution in [0.3, 0.4) is 0 Å². The molecule has 0 radical (unpaired) electrons. The van der Waals surface area contributed by atoms with Gasteiger partial charge < -0.3 is 9.15 Å². The van der Waals surface area contributed by atoms with E-state index in [4.69, 9.17) is 9.15 Å². The number of furan rings is 1. The van der Waals surface area contributed by atoms with E-state index >= 15 is 0 Å². The molecule has 0 bridgehead atoms. The Kier molecular flexibility index (Phi) is 6.44. The first kappa shape index (κ1) is 25.8. The standard InChI is InChI=1S/C35H37NO2/c1-9-12-15-26(10-2)22-36-34(7,8)32-23(4)18-19-24(5)33(32)35(36,11-3)38-28-20-21-30-31(25(28)6)27-16-13-14-17-29(27)37-30/h9-21H,2-3,22H2,1,4-8H3/b12-9-,26-15+. The molecule has 0 N–H and O–H groups in total. The number of benzene rings is 3. The monoisotopic (exact) mass is 503 g/mol. The molecule has 0 amide bonds. The lowest BCUT2D eigenvalue weighted by molar-refractivity contribution is -0.0788. The molecule has 1 aliphatic heterocycles. The zero-order valence-electron chi connectivity index (χ0n) is 23.4. The van der Waals surface area contributed by atoms with Gasteiger partial charge in [0, 0.05) is 34.0 Å². The quantitative estimate of drug-likeness (QED) is 0.186. The minimum atomic E-state index is -0.884. The number of fused-ring (bicyclic) bond motifs is 4. The first-order chi connectivity index (χ1) is 18.2. The van der Waals surface area contributed by atoms with E-state index in [-0.39, 0.29) is 5.54 Å². The van der Waals surface area contributed by atoms with Gasteiger partial charge in [0.1, 0.15) is 16.9 Å². The number of aryl methyl sites for hydroxylation is 3. The summed E-state index contributed by atoms with van der Waals surface area (Å²) in [5.41, 5.74) is 7.60. The fraction of sp³-hybridized carbons (Fsp3) is 0.257. The smallest absolute Gasteiger partial charge is 0.210 e. The van der Waals surface area contributed by atoms with Crippen molar-refractivity contribution in [3.63, 3.8) is 0 Å². The zero-order chi connectivity index (χ0) is 27.2. The van der Waals surface area contributed by atoms with Crippen molar-refractivity contribution in [3.8, 4) is 5.75 Å². The van der Waals surface area contributed by atoms with Crippen molar-refractivity contribution in [1.29, 1.82) is 0 Å². The van der Waals surface area contributed by atoms with Crippen molar-refractivity contribution in [3.05, 3.63) is 125 Å². The molecule has 3 nitrogen and oxygen atoms in total. The van der Waals surface area contributed by atoms with Crippen LogP contribution in [0.4, 0.5) is 0 Å². The molecule has 1 aliphatic rings. The lowest BCUT2D eigenvalue weighted by Gasteiger charge is -2.43. The van der Waals surface area contributed by atoms with Crippen molar-refractivity contribution in [2.45, 2.75) is 52.8 Å². The summed E-state index contributed by atoms with van der Waals surface area (Å²) >= 11 is 0. The first-order valence-electron chi connectivity index (χ1n) is 13.3. The van der Waals surface area contributed by atoms with Crippen molar-refractivity contribution in [1.82, 2.24) is 4.90 Å². The molecule has 5 rings (SSSR count). The Balaban J connectivity index is 1.76. The molecule has 194 valence electrons. The highest BCUT2D eigenvalue weighted by Crippen LogP contribution is 2.54. The van der Waals surface area contributed by atoms with Gasteiger partial charge in [-0.3, -0.25) is 0 Å². The third kappa shape index (κ3) is 3.76. The fourth-order valence-electron chi connectivity index (χ4n) is 6.26. The normalized spacial score (nSPS) is 19.4. The Morgan fingerprint density at radius 2 is 1.66 bits per heavy atom. The maximum Gasteiger partial charge on any atom is 0.210 e. The molecule has 1 unspecified atom stereocenters. The fourth-order valence-corrected chi connectivity index (χ4v) is 6.26. The van der Waals surface area contributed by atoms with Gasteiger partial charge in [0.05, 0.1) is 0 Å². The summed E-state index contributed by atoms with van der Waals surface area (Å²) in [7, 11) is 0. The van der Waals surface area contributed by atoms with Crippen LogP contribution in [-0.2, 0) is 11.3 Å². The minimum Gasteiger partial charge on any atom is -0.464 e. The van der Waals surface area contributed by atoms with E-state index in [1.54, 1.807) is 0 Å². The van der Waals surface area contributed by atoms with Gasteiger partial charge >= 0.3 is 0 Å². The molecule has 2 heterocycles. The number of ether oxygens (including phenoxy) is 1. The van der Waals surface area contributed by atoms with Crippen molar-refractivity contribution in [2.24, 2.45) is 0 Å². The highest BCUT2D eigenvalue weighted by molar-refractivity contribution is 6.07. The van der Waals surface area contributed by atoms with Crippen LogP contribution in [0, 0.1) is 20.8 Å². The van der Waals surface area contributed by atoms with Crippen LogP contribution in [0.15, 0.2) is 102 Å². The van der Waals surface area contributed by atoms with E-state index in [1.165, 1.54) is 22.3 Å². The molecule has 38 heavy (non-hydrogen) atoms. The van der Waals surface area contributed by atoms with Crippen LogP contribution in [0.1, 0.15) is 48.6 Å². The molecular weight excluding hydrogens is 466 g/mol. The van der Waals surface area contributed by atoms with Gasteiger partial charge in [-0.05, 0) is 88.1 Å². The topological polar surface area (TPSA) is 25.6 Å². The van der Waals surface area contributed by atoms with Gasteiger partial charge in [0.25, 0.3) is 0 Å². The second kappa shape index (κ2) is 9.49. The van der Waals surface area contributed by atoms with Crippen molar-refractivity contribution >= 4 is 21.9 Å². The van der Waals surface area contributed by atoms with Crippen LogP contribution in [0.2, 0.25) is 0 Å². The molecule has 0 saturated heterocycles. The van der Waals surface area contributed by atoms with E-state index in [2.05, 4.69) is 83.0 Å². The molecule has 0 fully saturated rings. The van der Waals surface area contributed by atoms with Gasteiger partial charge in [-0.1, -0.05) is 67.8 Å². The predicted octanol–water partition coefficient (Wildman–Crippen LogP) is 9.17. The van der Waals surface area contributed by atoms with Gasteiger partial charge in [-0.15, -0.1) is 0 Å². The third-order valence-corrected chi connectivity index (χ3v) is 8.07. The zero-order valence-corrected chi connectivity index (χ0v) is 23.4. The summed E-state index contributed by atoms with van der Waals surface area (Å²) < 4.78 is 13.4. The van der Waals surface area contributed by atoms with Crippen LogP contribution in [0.5, 0.6) is 5.75 Å². The molecule has 1 aromatic heterocycles. The molecule has 4 aromatic rings. The summed E-state index contributed by atoms with van der Waals surface area (Å²) in [6, 6.07) is 16.6. The largest absolute Gasteiger partial charge is 0.464 e. The highest BCUT2D eigenvalue weighted by atomic mass is 16.5. The Hall–Kier alpha value is -3.82. The van der Waals surface area contributed by atoms with Crippen LogP contribution in [-0.4, -0.2) is 11.4 Å². The predicted molar refractivity (Wildman–Crippen MR) is 160 cm³/mol.